The van der Waals surface area contributed by atoms with E-state index in [-0.39, 0.29) is 0 Å². The Labute approximate surface area is 97.4 Å². The van der Waals surface area contributed by atoms with Crippen LogP contribution < -0.4 is 15.8 Å². The fourth-order valence-electron chi connectivity index (χ4n) is 1.28. The van der Waals surface area contributed by atoms with Crippen molar-refractivity contribution in [3.05, 3.63) is 30.1 Å². The third kappa shape index (κ3) is 2.22. The number of ether oxygens (including phenoxy) is 1. The summed E-state index contributed by atoms with van der Waals surface area (Å²) >= 11 is 1.28. The van der Waals surface area contributed by atoms with Crippen LogP contribution >= 0.6 is 11.5 Å². The Morgan fingerprint density at radius 3 is 3.06 bits per heavy atom. The summed E-state index contributed by atoms with van der Waals surface area (Å²) < 4.78 is 9.16. The molecule has 6 heteroatoms. The predicted molar refractivity (Wildman–Crippen MR) is 64.6 cm³/mol. The molecule has 0 amide bonds. The second-order valence-corrected chi connectivity index (χ2v) is 3.88. The monoisotopic (exact) mass is 236 g/mol. The van der Waals surface area contributed by atoms with Gasteiger partial charge in [0.1, 0.15) is 0 Å². The molecule has 5 nitrogen and oxygen atoms in total. The number of nitrogens with two attached hydrogens (primary N) is 1. The summed E-state index contributed by atoms with van der Waals surface area (Å²) in [5, 5.41) is 4.01. The first kappa shape index (κ1) is 10.7. The summed E-state index contributed by atoms with van der Waals surface area (Å²) in [6.45, 7) is 0.624. The minimum absolute atomic E-state index is 0.413. The van der Waals surface area contributed by atoms with Crippen LogP contribution in [-0.2, 0) is 6.54 Å². The van der Waals surface area contributed by atoms with Crippen LogP contribution in [0.1, 0.15) is 5.69 Å². The van der Waals surface area contributed by atoms with E-state index in [0.717, 1.165) is 10.7 Å². The Morgan fingerprint density at radius 1 is 1.50 bits per heavy atom. The van der Waals surface area contributed by atoms with E-state index in [1.54, 1.807) is 13.3 Å². The lowest BCUT2D eigenvalue weighted by Gasteiger charge is -2.05. The van der Waals surface area contributed by atoms with E-state index in [1.807, 2.05) is 18.2 Å². The van der Waals surface area contributed by atoms with Gasteiger partial charge in [-0.05, 0) is 23.7 Å². The number of aromatic nitrogens is 2. The molecule has 0 fully saturated rings. The second-order valence-electron chi connectivity index (χ2n) is 3.10. The van der Waals surface area contributed by atoms with Gasteiger partial charge in [0, 0.05) is 6.20 Å². The standard InChI is InChI=1S/C10H12N4OS/c1-15-8-9(11)14-16-10(8)13-6-7-4-2-3-5-12-7/h2-5,13H,6H2,1H3,(H2,11,14). The van der Waals surface area contributed by atoms with E-state index < -0.39 is 0 Å². The molecule has 2 heterocycles. The van der Waals surface area contributed by atoms with Crippen molar-refractivity contribution in [1.29, 1.82) is 0 Å². The van der Waals surface area contributed by atoms with Crippen LogP contribution in [0.25, 0.3) is 0 Å². The molecule has 16 heavy (non-hydrogen) atoms. The normalized spacial score (nSPS) is 10.1. The Bertz CT molecular complexity index is 457. The maximum atomic E-state index is 5.64. The number of hydrogen-bond donors (Lipinski definition) is 2. The van der Waals surface area contributed by atoms with E-state index in [0.29, 0.717) is 18.1 Å². The molecular weight excluding hydrogens is 224 g/mol. The Kier molecular flexibility index (Phi) is 3.21. The molecule has 0 radical (unpaired) electrons. The second kappa shape index (κ2) is 4.80. The molecule has 2 rings (SSSR count). The lowest BCUT2D eigenvalue weighted by molar-refractivity contribution is 0.419. The number of methoxy groups -OCH3 is 1. The smallest absolute Gasteiger partial charge is 0.197 e. The molecule has 2 aromatic heterocycles. The molecule has 0 aliphatic rings. The zero-order valence-electron chi connectivity index (χ0n) is 8.80. The fraction of sp³-hybridized carbons (Fsp3) is 0.200. The molecule has 0 aromatic carbocycles. The summed E-state index contributed by atoms with van der Waals surface area (Å²) in [6, 6.07) is 5.78. The van der Waals surface area contributed by atoms with Gasteiger partial charge in [-0.3, -0.25) is 4.98 Å². The van der Waals surface area contributed by atoms with Crippen LogP contribution in [0.15, 0.2) is 24.4 Å². The highest BCUT2D eigenvalue weighted by Gasteiger charge is 2.11. The molecular formula is C10H12N4OS. The summed E-state index contributed by atoms with van der Waals surface area (Å²) in [7, 11) is 1.58. The van der Waals surface area contributed by atoms with Crippen molar-refractivity contribution < 1.29 is 4.74 Å². The van der Waals surface area contributed by atoms with Crippen LogP contribution in [0.5, 0.6) is 5.75 Å². The summed E-state index contributed by atoms with van der Waals surface area (Å²) in [4.78, 5) is 4.21. The first-order valence-corrected chi connectivity index (χ1v) is 5.51. The molecule has 0 unspecified atom stereocenters. The molecule has 0 aliphatic carbocycles. The molecule has 0 atom stereocenters. The molecule has 84 valence electrons. The predicted octanol–water partition coefficient (Wildman–Crippen LogP) is 1.74. The molecule has 2 aromatic rings. The minimum atomic E-state index is 0.413. The SMILES string of the molecule is COc1c(N)nsc1NCc1ccccn1. The Balaban J connectivity index is 2.05. The summed E-state index contributed by atoms with van der Waals surface area (Å²) in [5.74, 6) is 1.01. The van der Waals surface area contributed by atoms with Gasteiger partial charge >= 0.3 is 0 Å². The highest BCUT2D eigenvalue weighted by molar-refractivity contribution is 7.11. The van der Waals surface area contributed by atoms with Gasteiger partial charge in [0.05, 0.1) is 19.3 Å². The lowest BCUT2D eigenvalue weighted by atomic mass is 10.3. The van der Waals surface area contributed by atoms with Crippen molar-refractivity contribution in [3.63, 3.8) is 0 Å². The van der Waals surface area contributed by atoms with Gasteiger partial charge in [-0.2, -0.15) is 4.37 Å². The highest BCUT2D eigenvalue weighted by Crippen LogP contribution is 2.34. The number of pyridine rings is 1. The minimum Gasteiger partial charge on any atom is -0.490 e. The maximum absolute atomic E-state index is 5.64. The van der Waals surface area contributed by atoms with E-state index in [2.05, 4.69) is 14.7 Å². The van der Waals surface area contributed by atoms with Crippen LogP contribution in [0, 0.1) is 0 Å². The van der Waals surface area contributed by atoms with Crippen molar-refractivity contribution in [2.24, 2.45) is 0 Å². The van der Waals surface area contributed by atoms with Crippen LogP contribution in [0.4, 0.5) is 10.8 Å². The number of nitrogens with one attached hydrogen (secondary N) is 1. The van der Waals surface area contributed by atoms with E-state index in [9.17, 15) is 0 Å². The number of rotatable bonds is 4. The van der Waals surface area contributed by atoms with Crippen LogP contribution in [0.2, 0.25) is 0 Å². The van der Waals surface area contributed by atoms with Gasteiger partial charge in [0.2, 0.25) is 0 Å². The molecule has 0 saturated heterocycles. The number of hydrogen-bond acceptors (Lipinski definition) is 6. The quantitative estimate of drug-likeness (QED) is 0.846. The molecule has 0 aliphatic heterocycles. The summed E-state index contributed by atoms with van der Waals surface area (Å²) in [6.07, 6.45) is 1.76. The first-order valence-electron chi connectivity index (χ1n) is 4.74. The third-order valence-corrected chi connectivity index (χ3v) is 2.83. The fourth-order valence-corrected chi connectivity index (χ4v) is 1.96. The largest absolute Gasteiger partial charge is 0.490 e. The Morgan fingerprint density at radius 2 is 2.38 bits per heavy atom. The average molecular weight is 236 g/mol. The molecule has 0 saturated carbocycles. The van der Waals surface area contributed by atoms with E-state index in [4.69, 9.17) is 10.5 Å². The first-order chi connectivity index (χ1) is 7.81. The lowest BCUT2D eigenvalue weighted by Crippen LogP contribution is -2.01. The maximum Gasteiger partial charge on any atom is 0.197 e. The van der Waals surface area contributed by atoms with Crippen molar-refractivity contribution in [3.8, 4) is 5.75 Å². The van der Waals surface area contributed by atoms with Gasteiger partial charge < -0.3 is 15.8 Å². The number of nitrogen functional groups attached to an aromatic ring is 1. The molecule has 0 spiro atoms. The van der Waals surface area contributed by atoms with Crippen molar-refractivity contribution >= 4 is 22.4 Å². The van der Waals surface area contributed by atoms with Crippen molar-refractivity contribution in [1.82, 2.24) is 9.36 Å². The van der Waals surface area contributed by atoms with E-state index >= 15 is 0 Å². The number of anilines is 2. The number of nitrogens with zero attached hydrogens (tertiary/aromatic N) is 2. The summed E-state index contributed by atoms with van der Waals surface area (Å²) in [5.41, 5.74) is 6.59. The van der Waals surface area contributed by atoms with Gasteiger partial charge in [-0.1, -0.05) is 6.07 Å². The molecule has 3 N–H and O–H groups in total. The molecule has 0 bridgehead atoms. The van der Waals surface area contributed by atoms with Crippen molar-refractivity contribution in [2.75, 3.05) is 18.2 Å². The van der Waals surface area contributed by atoms with Crippen LogP contribution in [0.3, 0.4) is 0 Å². The van der Waals surface area contributed by atoms with Gasteiger partial charge in [-0.25, -0.2) is 0 Å². The van der Waals surface area contributed by atoms with E-state index in [1.165, 1.54) is 11.5 Å². The zero-order valence-corrected chi connectivity index (χ0v) is 9.62. The highest BCUT2D eigenvalue weighted by atomic mass is 32.1. The van der Waals surface area contributed by atoms with Gasteiger partial charge in [0.15, 0.2) is 16.6 Å². The third-order valence-electron chi connectivity index (χ3n) is 2.03. The average Bonchev–Trinajstić information content (AvgIpc) is 2.68. The van der Waals surface area contributed by atoms with Gasteiger partial charge in [0.25, 0.3) is 0 Å². The van der Waals surface area contributed by atoms with Gasteiger partial charge in [-0.15, -0.1) is 0 Å². The topological polar surface area (TPSA) is 73.1 Å². The van der Waals surface area contributed by atoms with Crippen molar-refractivity contribution in [2.45, 2.75) is 6.54 Å². The van der Waals surface area contributed by atoms with Crippen LogP contribution in [-0.4, -0.2) is 16.5 Å². The zero-order chi connectivity index (χ0) is 11.4. The Hall–Kier alpha value is -1.82.